The molecule has 0 aliphatic carbocycles. The van der Waals surface area contributed by atoms with Gasteiger partial charge in [0.25, 0.3) is 5.91 Å². The van der Waals surface area contributed by atoms with E-state index in [0.29, 0.717) is 0 Å². The molecule has 2 rings (SSSR count). The maximum Gasteiger partial charge on any atom is 0.253 e. The Morgan fingerprint density at radius 3 is 2.28 bits per heavy atom. The molecule has 1 aromatic carbocycles. The molecule has 140 valence electrons. The average Bonchev–Trinajstić information content (AvgIpc) is 2.61. The smallest absolute Gasteiger partial charge is 0.253 e. The van der Waals surface area contributed by atoms with Crippen LogP contribution in [0.4, 0.5) is 0 Å². The van der Waals surface area contributed by atoms with Crippen molar-refractivity contribution >= 4 is 26.0 Å². The largest absolute Gasteiger partial charge is 0.336 e. The summed E-state index contributed by atoms with van der Waals surface area (Å²) in [5.74, 6) is -0.271. The average molecular weight is 389 g/mol. The molecule has 1 aliphatic rings. The molecule has 0 saturated carbocycles. The maximum atomic E-state index is 12.6. The summed E-state index contributed by atoms with van der Waals surface area (Å²) in [6.45, 7) is 4.58. The Kier molecular flexibility index (Phi) is 6.20. The van der Waals surface area contributed by atoms with Crippen molar-refractivity contribution in [2.24, 2.45) is 0 Å². The minimum Gasteiger partial charge on any atom is -0.336 e. The molecular weight excluding hydrogens is 366 g/mol. The van der Waals surface area contributed by atoms with Crippen molar-refractivity contribution in [1.29, 1.82) is 0 Å². The van der Waals surface area contributed by atoms with Crippen molar-refractivity contribution in [3.8, 4) is 0 Å². The number of amides is 1. The molecule has 0 atom stereocenters. The number of sulfonamides is 2. The Balaban J connectivity index is 2.12. The van der Waals surface area contributed by atoms with E-state index in [0.717, 1.165) is 0 Å². The number of carbonyl (C=O) groups excluding carboxylic acids is 1. The third-order valence-corrected chi connectivity index (χ3v) is 7.43. The van der Waals surface area contributed by atoms with Gasteiger partial charge in [0.2, 0.25) is 20.0 Å². The van der Waals surface area contributed by atoms with Gasteiger partial charge in [-0.2, -0.15) is 4.31 Å². The Morgan fingerprint density at radius 1 is 1.08 bits per heavy atom. The van der Waals surface area contributed by atoms with Gasteiger partial charge in [-0.1, -0.05) is 13.0 Å². The van der Waals surface area contributed by atoms with Crippen LogP contribution in [-0.2, 0) is 20.0 Å². The monoisotopic (exact) mass is 389 g/mol. The van der Waals surface area contributed by atoms with Gasteiger partial charge in [0, 0.05) is 38.3 Å². The lowest BCUT2D eigenvalue weighted by Gasteiger charge is -2.33. The van der Waals surface area contributed by atoms with E-state index in [9.17, 15) is 21.6 Å². The van der Waals surface area contributed by atoms with Gasteiger partial charge in [-0.3, -0.25) is 4.79 Å². The summed E-state index contributed by atoms with van der Waals surface area (Å²) in [6, 6.07) is 5.85. The highest BCUT2D eigenvalue weighted by molar-refractivity contribution is 7.89. The number of piperazine rings is 1. The lowest BCUT2D eigenvalue weighted by Crippen LogP contribution is -2.50. The summed E-state index contributed by atoms with van der Waals surface area (Å²) < 4.78 is 51.6. The third kappa shape index (κ3) is 4.57. The van der Waals surface area contributed by atoms with E-state index in [1.54, 1.807) is 24.8 Å². The van der Waals surface area contributed by atoms with E-state index >= 15 is 0 Å². The van der Waals surface area contributed by atoms with E-state index in [4.69, 9.17) is 0 Å². The summed E-state index contributed by atoms with van der Waals surface area (Å²) in [6.07, 6.45) is 0. The van der Waals surface area contributed by atoms with Crippen LogP contribution in [0.3, 0.4) is 0 Å². The van der Waals surface area contributed by atoms with E-state index < -0.39 is 20.0 Å². The Hall–Kier alpha value is -1.49. The van der Waals surface area contributed by atoms with Crippen molar-refractivity contribution in [2.45, 2.75) is 18.7 Å². The highest BCUT2D eigenvalue weighted by Gasteiger charge is 2.28. The van der Waals surface area contributed by atoms with Crippen molar-refractivity contribution in [2.75, 3.05) is 38.5 Å². The number of rotatable bonds is 6. The summed E-state index contributed by atoms with van der Waals surface area (Å²) in [7, 11) is -6.90. The molecule has 1 aliphatic heterocycles. The van der Waals surface area contributed by atoms with Gasteiger partial charge in [-0.05, 0) is 25.1 Å². The van der Waals surface area contributed by atoms with Crippen LogP contribution in [-0.4, -0.2) is 70.4 Å². The molecule has 0 radical (unpaired) electrons. The van der Waals surface area contributed by atoms with Crippen LogP contribution in [0.5, 0.6) is 0 Å². The molecule has 25 heavy (non-hydrogen) atoms. The molecule has 1 fully saturated rings. The second-order valence-corrected chi connectivity index (χ2v) is 9.65. The molecule has 1 N–H and O–H groups in total. The summed E-state index contributed by atoms with van der Waals surface area (Å²) in [4.78, 5) is 14.2. The van der Waals surface area contributed by atoms with Crippen molar-refractivity contribution < 1.29 is 21.6 Å². The molecule has 8 nitrogen and oxygen atoms in total. The molecule has 0 spiro atoms. The van der Waals surface area contributed by atoms with Gasteiger partial charge >= 0.3 is 0 Å². The number of benzene rings is 1. The SMILES string of the molecule is CCNS(=O)(=O)c1cccc(C(=O)N2CCN(S(=O)(=O)CC)CC2)c1. The minimum absolute atomic E-state index is 0.0330. The van der Waals surface area contributed by atoms with Gasteiger partial charge < -0.3 is 4.90 Å². The lowest BCUT2D eigenvalue weighted by atomic mass is 10.2. The molecule has 0 aromatic heterocycles. The number of hydrogen-bond donors (Lipinski definition) is 1. The van der Waals surface area contributed by atoms with Gasteiger partial charge in [0.05, 0.1) is 10.6 Å². The molecule has 0 bridgehead atoms. The maximum absolute atomic E-state index is 12.6. The highest BCUT2D eigenvalue weighted by Crippen LogP contribution is 2.15. The zero-order chi connectivity index (χ0) is 18.7. The number of carbonyl (C=O) groups is 1. The molecule has 1 heterocycles. The molecule has 1 saturated heterocycles. The minimum atomic E-state index is -3.64. The van der Waals surface area contributed by atoms with E-state index in [-0.39, 0.29) is 54.8 Å². The lowest BCUT2D eigenvalue weighted by molar-refractivity contribution is 0.0697. The first-order valence-corrected chi connectivity index (χ1v) is 11.2. The van der Waals surface area contributed by atoms with Gasteiger partial charge in [-0.15, -0.1) is 0 Å². The first-order valence-electron chi connectivity index (χ1n) is 8.08. The van der Waals surface area contributed by atoms with Crippen LogP contribution in [0.25, 0.3) is 0 Å². The normalized spacial score (nSPS) is 16.8. The van der Waals surface area contributed by atoms with Crippen LogP contribution in [0.1, 0.15) is 24.2 Å². The van der Waals surface area contributed by atoms with Gasteiger partial charge in [-0.25, -0.2) is 21.6 Å². The fourth-order valence-electron chi connectivity index (χ4n) is 2.60. The first-order chi connectivity index (χ1) is 11.7. The number of nitrogens with zero attached hydrogens (tertiary/aromatic N) is 2. The third-order valence-electron chi connectivity index (χ3n) is 4.01. The van der Waals surface area contributed by atoms with Crippen molar-refractivity contribution in [3.05, 3.63) is 29.8 Å². The molecule has 10 heteroatoms. The zero-order valence-electron chi connectivity index (χ0n) is 14.3. The summed E-state index contributed by atoms with van der Waals surface area (Å²) >= 11 is 0. The molecule has 0 unspecified atom stereocenters. The molecule has 1 aromatic rings. The number of hydrogen-bond acceptors (Lipinski definition) is 5. The van der Waals surface area contributed by atoms with Crippen LogP contribution >= 0.6 is 0 Å². The van der Waals surface area contributed by atoms with Gasteiger partial charge in [0.15, 0.2) is 0 Å². The summed E-state index contributed by atoms with van der Waals surface area (Å²) in [5, 5.41) is 0. The predicted molar refractivity (Wildman–Crippen MR) is 94.2 cm³/mol. The van der Waals surface area contributed by atoms with Crippen LogP contribution in [0.15, 0.2) is 29.2 Å². The molecular formula is C15H23N3O5S2. The number of nitrogens with one attached hydrogen (secondary N) is 1. The second kappa shape index (κ2) is 7.81. The topological polar surface area (TPSA) is 104 Å². The second-order valence-electron chi connectivity index (χ2n) is 5.62. The van der Waals surface area contributed by atoms with Crippen LogP contribution in [0.2, 0.25) is 0 Å². The van der Waals surface area contributed by atoms with E-state index in [1.165, 1.54) is 22.5 Å². The first kappa shape index (κ1) is 19.8. The molecule has 1 amide bonds. The fraction of sp³-hybridized carbons (Fsp3) is 0.533. The Morgan fingerprint density at radius 2 is 1.72 bits per heavy atom. The van der Waals surface area contributed by atoms with Gasteiger partial charge in [0.1, 0.15) is 0 Å². The van der Waals surface area contributed by atoms with Crippen molar-refractivity contribution in [1.82, 2.24) is 13.9 Å². The van der Waals surface area contributed by atoms with Crippen molar-refractivity contribution in [3.63, 3.8) is 0 Å². The Labute approximate surface area is 148 Å². The standard InChI is InChI=1S/C15H23N3O5S2/c1-3-16-25(22,23)14-7-5-6-13(12-14)15(19)17-8-10-18(11-9-17)24(20,21)4-2/h5-7,12,16H,3-4,8-11H2,1-2H3. The Bertz CT molecular complexity index is 828. The van der Waals surface area contributed by atoms with Crippen LogP contribution in [0, 0.1) is 0 Å². The summed E-state index contributed by atoms with van der Waals surface area (Å²) in [5.41, 5.74) is 0.269. The predicted octanol–water partition coefficient (Wildman–Crippen LogP) is 0.0923. The quantitative estimate of drug-likeness (QED) is 0.743. The van der Waals surface area contributed by atoms with E-state index in [2.05, 4.69) is 4.72 Å². The fourth-order valence-corrected chi connectivity index (χ4v) is 4.78. The highest BCUT2D eigenvalue weighted by atomic mass is 32.2. The zero-order valence-corrected chi connectivity index (χ0v) is 15.9. The van der Waals surface area contributed by atoms with E-state index in [1.807, 2.05) is 0 Å². The van der Waals surface area contributed by atoms with Crippen LogP contribution < -0.4 is 4.72 Å².